The van der Waals surface area contributed by atoms with Gasteiger partial charge in [0.25, 0.3) is 0 Å². The molecule has 14 heavy (non-hydrogen) atoms. The first kappa shape index (κ1) is 17.1. The minimum absolute atomic E-state index is 0. The molecule has 0 aromatic rings. The smallest absolute Gasteiger partial charge is 0.208 e. The summed E-state index contributed by atoms with van der Waals surface area (Å²) in [5.41, 5.74) is 0. The zero-order valence-corrected chi connectivity index (χ0v) is 10.9. The van der Waals surface area contributed by atoms with Gasteiger partial charge in [0.2, 0.25) is 0 Å². The van der Waals surface area contributed by atoms with Crippen molar-refractivity contribution >= 4 is 6.71 Å². The molecule has 0 fully saturated rings. The second-order valence-electron chi connectivity index (χ2n) is 4.29. The van der Waals surface area contributed by atoms with Crippen molar-refractivity contribution in [2.45, 2.75) is 78.3 Å². The van der Waals surface area contributed by atoms with Gasteiger partial charge in [-0.15, -0.1) is 6.71 Å². The van der Waals surface area contributed by atoms with Crippen LogP contribution in [-0.4, -0.2) is 6.71 Å². The molecule has 79 valence electrons. The molecule has 0 amide bonds. The predicted octanol–water partition coefficient (Wildman–Crippen LogP) is 1.89. The average Bonchev–Trinajstić information content (AvgIpc) is 2.17. The van der Waals surface area contributed by atoms with Crippen molar-refractivity contribution in [1.29, 1.82) is 0 Å². The Morgan fingerprint density at radius 3 is 1.14 bits per heavy atom. The van der Waals surface area contributed by atoms with Crippen molar-refractivity contribution < 1.29 is 18.9 Å². The van der Waals surface area contributed by atoms with Gasteiger partial charge in [-0.25, -0.2) is 19.0 Å². The third-order valence-corrected chi connectivity index (χ3v) is 2.90. The maximum absolute atomic E-state index is 2.30. The van der Waals surface area contributed by atoms with Gasteiger partial charge in [0.05, 0.1) is 0 Å². The normalized spacial score (nSPS) is 10.3. The predicted molar refractivity (Wildman–Crippen MR) is 64.9 cm³/mol. The first-order valence-electron chi connectivity index (χ1n) is 6.35. The summed E-state index contributed by atoms with van der Waals surface area (Å²) >= 11 is 0. The van der Waals surface area contributed by atoms with Crippen LogP contribution in [0.1, 0.15) is 59.3 Å². The molecule has 0 aliphatic heterocycles. The molecule has 0 atom stereocenters. The van der Waals surface area contributed by atoms with Crippen LogP contribution in [0.15, 0.2) is 0 Å². The molecule has 0 aromatic carbocycles. The van der Waals surface area contributed by atoms with E-state index >= 15 is 0 Å². The molecule has 0 bridgehead atoms. The van der Waals surface area contributed by atoms with Gasteiger partial charge in [0, 0.05) is 0 Å². The Labute approximate surface area is 104 Å². The van der Waals surface area contributed by atoms with Crippen molar-refractivity contribution in [2.75, 3.05) is 0 Å². The molecule has 0 nitrogen and oxygen atoms in total. The molecule has 0 unspecified atom stereocenters. The van der Waals surface area contributed by atoms with Crippen molar-refractivity contribution in [3.63, 3.8) is 0 Å². The SMILES string of the molecule is CCCC[B-](CCCC)CCCC.[Li+]. The molecule has 0 aliphatic carbocycles. The quantitative estimate of drug-likeness (QED) is 0.486. The van der Waals surface area contributed by atoms with Gasteiger partial charge < -0.3 is 0 Å². The van der Waals surface area contributed by atoms with Crippen LogP contribution < -0.4 is 18.9 Å². The fourth-order valence-electron chi connectivity index (χ4n) is 1.91. The van der Waals surface area contributed by atoms with Crippen LogP contribution in [0, 0.1) is 0 Å². The van der Waals surface area contributed by atoms with E-state index < -0.39 is 0 Å². The van der Waals surface area contributed by atoms with Gasteiger partial charge >= 0.3 is 18.9 Å². The van der Waals surface area contributed by atoms with Crippen LogP contribution >= 0.6 is 0 Å². The van der Waals surface area contributed by atoms with Gasteiger partial charge in [-0.2, -0.15) is 0 Å². The van der Waals surface area contributed by atoms with E-state index in [1.54, 1.807) is 0 Å². The standard InChI is InChI=1S/C12H27B.Li/c1-4-7-10-13(11-8-5-2)12-9-6-3;/h4-12H2,1-3H3;/q-1;+1. The molecule has 0 spiro atoms. The molecule has 0 N–H and O–H groups in total. The van der Waals surface area contributed by atoms with Crippen LogP contribution in [-0.2, 0) is 0 Å². The summed E-state index contributed by atoms with van der Waals surface area (Å²) in [7, 11) is 0. The largest absolute Gasteiger partial charge is 1.00 e. The molecule has 0 rings (SSSR count). The third-order valence-electron chi connectivity index (χ3n) is 2.90. The van der Waals surface area contributed by atoms with Crippen LogP contribution in [0.3, 0.4) is 0 Å². The van der Waals surface area contributed by atoms with E-state index in [2.05, 4.69) is 20.8 Å². The summed E-state index contributed by atoms with van der Waals surface area (Å²) < 4.78 is 0. The zero-order chi connectivity index (χ0) is 9.94. The topological polar surface area (TPSA) is 0 Å². The Hall–Kier alpha value is 0.662. The summed E-state index contributed by atoms with van der Waals surface area (Å²) in [6, 6.07) is 0. The Kier molecular flexibility index (Phi) is 16.7. The van der Waals surface area contributed by atoms with Gasteiger partial charge in [-0.1, -0.05) is 59.3 Å². The maximum Gasteiger partial charge on any atom is 1.00 e. The first-order chi connectivity index (χ1) is 6.35. The Bertz CT molecular complexity index is 77.3. The molecule has 1 radical (unpaired) electrons. The molecule has 2 heteroatoms. The second kappa shape index (κ2) is 13.7. The summed E-state index contributed by atoms with van der Waals surface area (Å²) in [4.78, 5) is 0. The van der Waals surface area contributed by atoms with Gasteiger partial charge in [0.1, 0.15) is 0 Å². The minimum Gasteiger partial charge on any atom is -0.208 e. The molecule has 0 aromatic heterocycles. The van der Waals surface area contributed by atoms with E-state index in [1.165, 1.54) is 57.5 Å². The van der Waals surface area contributed by atoms with Crippen LogP contribution in [0.5, 0.6) is 0 Å². The Morgan fingerprint density at radius 2 is 0.929 bits per heavy atom. The number of rotatable bonds is 9. The molecular formula is C12H27BLi. The Balaban J connectivity index is 0. The van der Waals surface area contributed by atoms with Crippen molar-refractivity contribution in [2.24, 2.45) is 0 Å². The van der Waals surface area contributed by atoms with E-state index in [0.29, 0.717) is 0 Å². The second-order valence-corrected chi connectivity index (χ2v) is 4.29. The van der Waals surface area contributed by atoms with E-state index in [1.807, 2.05) is 0 Å². The zero-order valence-electron chi connectivity index (χ0n) is 10.9. The number of hydrogen-bond acceptors (Lipinski definition) is 0. The van der Waals surface area contributed by atoms with Crippen molar-refractivity contribution in [3.8, 4) is 0 Å². The summed E-state index contributed by atoms with van der Waals surface area (Å²) in [6.07, 6.45) is 12.9. The fourth-order valence-corrected chi connectivity index (χ4v) is 1.91. The summed E-state index contributed by atoms with van der Waals surface area (Å²) in [6.45, 7) is 7.95. The molecular weight excluding hydrogens is 162 g/mol. The maximum atomic E-state index is 2.30. The van der Waals surface area contributed by atoms with Crippen molar-refractivity contribution in [1.82, 2.24) is 0 Å². The van der Waals surface area contributed by atoms with Gasteiger partial charge in [0.15, 0.2) is 0 Å². The van der Waals surface area contributed by atoms with Crippen molar-refractivity contribution in [3.05, 3.63) is 0 Å². The van der Waals surface area contributed by atoms with E-state index in [-0.39, 0.29) is 18.9 Å². The third kappa shape index (κ3) is 10.7. The molecule has 0 heterocycles. The summed E-state index contributed by atoms with van der Waals surface area (Å²) in [5, 5.41) is 0. The number of hydrogen-bond donors (Lipinski definition) is 0. The molecule has 0 saturated heterocycles. The van der Waals surface area contributed by atoms with E-state index in [4.69, 9.17) is 0 Å². The van der Waals surface area contributed by atoms with Gasteiger partial charge in [-0.05, 0) is 0 Å². The fraction of sp³-hybridized carbons (Fsp3) is 1.00. The minimum atomic E-state index is 0. The van der Waals surface area contributed by atoms with Gasteiger partial charge in [-0.3, -0.25) is 0 Å². The van der Waals surface area contributed by atoms with Crippen LogP contribution in [0.2, 0.25) is 19.0 Å². The van der Waals surface area contributed by atoms with E-state index in [9.17, 15) is 0 Å². The Morgan fingerprint density at radius 1 is 0.643 bits per heavy atom. The first-order valence-corrected chi connectivity index (χ1v) is 6.35. The summed E-state index contributed by atoms with van der Waals surface area (Å²) in [5.74, 6) is 0. The van der Waals surface area contributed by atoms with Crippen LogP contribution in [0.25, 0.3) is 0 Å². The number of unbranched alkanes of at least 4 members (excludes halogenated alkanes) is 3. The average molecular weight is 189 g/mol. The molecule has 0 saturated carbocycles. The van der Waals surface area contributed by atoms with Crippen LogP contribution in [0.4, 0.5) is 0 Å². The molecule has 0 aliphatic rings. The van der Waals surface area contributed by atoms with E-state index in [0.717, 1.165) is 6.71 Å². The monoisotopic (exact) mass is 189 g/mol.